The lowest BCUT2D eigenvalue weighted by atomic mass is 10.1. The Balaban J connectivity index is 1.20. The molecule has 9 nitrogen and oxygen atoms in total. The molecule has 2 aliphatic heterocycles. The number of rotatable bonds is 5. The van der Waals surface area contributed by atoms with Crippen LogP contribution in [0.2, 0.25) is 0 Å². The summed E-state index contributed by atoms with van der Waals surface area (Å²) >= 11 is 0. The molecular weight excluding hydrogens is 482 g/mol. The van der Waals surface area contributed by atoms with Gasteiger partial charge in [-0.15, -0.1) is 0 Å². The number of fused-ring (bicyclic) bond motifs is 2. The van der Waals surface area contributed by atoms with Gasteiger partial charge >= 0.3 is 0 Å². The summed E-state index contributed by atoms with van der Waals surface area (Å²) in [6.45, 7) is 4.64. The van der Waals surface area contributed by atoms with Crippen LogP contribution < -0.4 is 15.8 Å². The first-order chi connectivity index (χ1) is 18.6. The highest BCUT2D eigenvalue weighted by atomic mass is 16.5. The van der Waals surface area contributed by atoms with Crippen LogP contribution in [0.25, 0.3) is 16.3 Å². The third-order valence-electron chi connectivity index (χ3n) is 7.54. The van der Waals surface area contributed by atoms with E-state index in [1.54, 1.807) is 18.3 Å². The molecule has 2 aliphatic rings. The summed E-state index contributed by atoms with van der Waals surface area (Å²) in [5.74, 6) is 0.490. The molecule has 2 fully saturated rings. The number of pyridine rings is 3. The fourth-order valence-corrected chi connectivity index (χ4v) is 5.34. The standard InChI is InChI=1S/C29H31N5O4/c35-26-8-14-38-19-24(26)31-28(36)23-15-22(25-7-3-4-9-34(25)29(23)37)18-32-10-12-33(13-11-32)27-16-20-5-1-2-6-21(20)17-30-27/h1-7,9,15-17,24,26,35H,8,10-14,18-19H2,(H,31,36)/t24-,26-/m0/s1. The number of nitrogens with one attached hydrogen (secondary N) is 1. The van der Waals surface area contributed by atoms with Gasteiger partial charge in [-0.25, -0.2) is 4.98 Å². The Hall–Kier alpha value is -3.79. The average molecular weight is 514 g/mol. The molecule has 2 N–H and O–H groups in total. The maximum atomic E-state index is 13.2. The fourth-order valence-electron chi connectivity index (χ4n) is 5.34. The fraction of sp³-hybridized carbons (Fsp3) is 0.345. The zero-order valence-electron chi connectivity index (χ0n) is 21.1. The summed E-state index contributed by atoms with van der Waals surface area (Å²) in [5.41, 5.74) is 1.39. The van der Waals surface area contributed by atoms with Crippen LogP contribution in [0.1, 0.15) is 22.3 Å². The molecule has 38 heavy (non-hydrogen) atoms. The van der Waals surface area contributed by atoms with Gasteiger partial charge in [0, 0.05) is 57.1 Å². The van der Waals surface area contributed by atoms with Crippen molar-refractivity contribution in [2.24, 2.45) is 0 Å². The molecule has 2 atom stereocenters. The zero-order chi connectivity index (χ0) is 26.1. The van der Waals surface area contributed by atoms with E-state index in [1.165, 1.54) is 9.79 Å². The van der Waals surface area contributed by atoms with Gasteiger partial charge in [-0.05, 0) is 41.6 Å². The van der Waals surface area contributed by atoms with Gasteiger partial charge < -0.3 is 20.1 Å². The van der Waals surface area contributed by atoms with Crippen molar-refractivity contribution in [3.05, 3.63) is 88.5 Å². The molecule has 196 valence electrons. The lowest BCUT2D eigenvalue weighted by molar-refractivity contribution is -0.0140. The molecule has 0 radical (unpaired) electrons. The number of hydrogen-bond donors (Lipinski definition) is 2. The van der Waals surface area contributed by atoms with Crippen molar-refractivity contribution in [2.75, 3.05) is 44.3 Å². The molecule has 6 rings (SSSR count). The molecule has 1 amide bonds. The lowest BCUT2D eigenvalue weighted by Crippen LogP contribution is -2.50. The maximum Gasteiger partial charge on any atom is 0.267 e. The van der Waals surface area contributed by atoms with Crippen molar-refractivity contribution in [1.82, 2.24) is 19.6 Å². The van der Waals surface area contributed by atoms with Crippen LogP contribution >= 0.6 is 0 Å². The van der Waals surface area contributed by atoms with Gasteiger partial charge in [0.05, 0.1) is 24.3 Å². The number of aliphatic hydroxyl groups is 1. The van der Waals surface area contributed by atoms with Crippen LogP contribution in [0.3, 0.4) is 0 Å². The first-order valence-electron chi connectivity index (χ1n) is 13.1. The van der Waals surface area contributed by atoms with Crippen LogP contribution in [0.5, 0.6) is 0 Å². The van der Waals surface area contributed by atoms with Crippen molar-refractivity contribution in [3.8, 4) is 0 Å². The van der Waals surface area contributed by atoms with E-state index in [0.29, 0.717) is 19.6 Å². The van der Waals surface area contributed by atoms with E-state index in [2.05, 4.69) is 38.3 Å². The second-order valence-electron chi connectivity index (χ2n) is 10.0. The highest BCUT2D eigenvalue weighted by molar-refractivity contribution is 5.95. The topological polar surface area (TPSA) is 99.4 Å². The monoisotopic (exact) mass is 513 g/mol. The molecule has 0 saturated carbocycles. The second kappa shape index (κ2) is 10.5. The Morgan fingerprint density at radius 3 is 2.66 bits per heavy atom. The molecule has 0 unspecified atom stereocenters. The number of benzene rings is 1. The van der Waals surface area contributed by atoms with Gasteiger partial charge in [0.1, 0.15) is 11.4 Å². The van der Waals surface area contributed by atoms with Gasteiger partial charge in [0.15, 0.2) is 0 Å². The largest absolute Gasteiger partial charge is 0.391 e. The van der Waals surface area contributed by atoms with Gasteiger partial charge in [-0.3, -0.25) is 18.9 Å². The lowest BCUT2D eigenvalue weighted by Gasteiger charge is -2.35. The molecular formula is C29H31N5O4. The maximum absolute atomic E-state index is 13.2. The molecule has 2 saturated heterocycles. The summed E-state index contributed by atoms with van der Waals surface area (Å²) in [6, 6.07) is 17.1. The summed E-state index contributed by atoms with van der Waals surface area (Å²) in [7, 11) is 0. The zero-order valence-corrected chi connectivity index (χ0v) is 21.1. The Morgan fingerprint density at radius 2 is 1.84 bits per heavy atom. The molecule has 3 aromatic heterocycles. The van der Waals surface area contributed by atoms with Gasteiger partial charge in [0.25, 0.3) is 11.5 Å². The number of hydrogen-bond acceptors (Lipinski definition) is 7. The minimum absolute atomic E-state index is 0.0699. The Kier molecular flexibility index (Phi) is 6.80. The first kappa shape index (κ1) is 24.5. The number of piperazine rings is 1. The van der Waals surface area contributed by atoms with E-state index in [1.807, 2.05) is 30.5 Å². The molecule has 4 aromatic rings. The number of nitrogens with zero attached hydrogens (tertiary/aromatic N) is 4. The molecule has 0 spiro atoms. The van der Waals surface area contributed by atoms with E-state index < -0.39 is 18.1 Å². The van der Waals surface area contributed by atoms with Crippen LogP contribution in [-0.2, 0) is 11.3 Å². The highest BCUT2D eigenvalue weighted by Gasteiger charge is 2.27. The third-order valence-corrected chi connectivity index (χ3v) is 7.54. The number of aromatic nitrogens is 2. The molecule has 9 heteroatoms. The van der Waals surface area contributed by atoms with E-state index in [4.69, 9.17) is 4.74 Å². The number of amides is 1. The minimum Gasteiger partial charge on any atom is -0.391 e. The van der Waals surface area contributed by atoms with Crippen molar-refractivity contribution in [3.63, 3.8) is 0 Å². The first-order valence-corrected chi connectivity index (χ1v) is 13.1. The quantitative estimate of drug-likeness (QED) is 0.421. The van der Waals surface area contributed by atoms with E-state index in [9.17, 15) is 14.7 Å². The highest BCUT2D eigenvalue weighted by Crippen LogP contribution is 2.22. The smallest absolute Gasteiger partial charge is 0.267 e. The van der Waals surface area contributed by atoms with E-state index in [0.717, 1.165) is 48.5 Å². The number of carbonyl (C=O) groups excluding carboxylic acids is 1. The predicted molar refractivity (Wildman–Crippen MR) is 146 cm³/mol. The van der Waals surface area contributed by atoms with E-state index >= 15 is 0 Å². The Morgan fingerprint density at radius 1 is 1.05 bits per heavy atom. The summed E-state index contributed by atoms with van der Waals surface area (Å²) in [6.07, 6.45) is 3.38. The molecule has 5 heterocycles. The minimum atomic E-state index is -0.691. The summed E-state index contributed by atoms with van der Waals surface area (Å²) < 4.78 is 6.94. The molecule has 0 bridgehead atoms. The number of aliphatic hydroxyl groups excluding tert-OH is 1. The van der Waals surface area contributed by atoms with Crippen molar-refractivity contribution in [1.29, 1.82) is 0 Å². The van der Waals surface area contributed by atoms with Gasteiger partial charge in [-0.2, -0.15) is 0 Å². The average Bonchev–Trinajstić information content (AvgIpc) is 2.96. The predicted octanol–water partition coefficient (Wildman–Crippen LogP) is 2.05. The van der Waals surface area contributed by atoms with Gasteiger partial charge in [0.2, 0.25) is 0 Å². The van der Waals surface area contributed by atoms with Crippen LogP contribution in [0.15, 0.2) is 71.8 Å². The van der Waals surface area contributed by atoms with Crippen LogP contribution in [-0.4, -0.2) is 76.8 Å². The van der Waals surface area contributed by atoms with Crippen molar-refractivity contribution >= 4 is 28.0 Å². The Bertz CT molecular complexity index is 1530. The summed E-state index contributed by atoms with van der Waals surface area (Å²) in [4.78, 5) is 35.7. The van der Waals surface area contributed by atoms with Crippen LogP contribution in [0.4, 0.5) is 5.82 Å². The van der Waals surface area contributed by atoms with Crippen LogP contribution in [0, 0.1) is 0 Å². The van der Waals surface area contributed by atoms with Crippen molar-refractivity contribution in [2.45, 2.75) is 25.1 Å². The SMILES string of the molecule is O=C(N[C@H]1COCC[C@@H]1O)c1cc(CN2CCN(c3cc4ccccc4cn3)CC2)c2ccccn2c1=O. The number of ether oxygens (including phenoxy) is 1. The Labute approximate surface area is 220 Å². The molecule has 1 aromatic carbocycles. The van der Waals surface area contributed by atoms with Gasteiger partial charge in [-0.1, -0.05) is 30.3 Å². The molecule has 0 aliphatic carbocycles. The number of carbonyl (C=O) groups is 1. The van der Waals surface area contributed by atoms with Crippen molar-refractivity contribution < 1.29 is 14.6 Å². The summed E-state index contributed by atoms with van der Waals surface area (Å²) in [5, 5.41) is 15.4. The second-order valence-corrected chi connectivity index (χ2v) is 10.0. The number of anilines is 1. The third kappa shape index (κ3) is 4.88. The van der Waals surface area contributed by atoms with E-state index in [-0.39, 0.29) is 17.7 Å². The normalized spacial score (nSPS) is 20.6.